The van der Waals surface area contributed by atoms with E-state index in [1.807, 2.05) is 0 Å². The summed E-state index contributed by atoms with van der Waals surface area (Å²) in [5.41, 5.74) is 1.07. The molecule has 0 fully saturated rings. The number of halogens is 4. The summed E-state index contributed by atoms with van der Waals surface area (Å²) in [6.45, 7) is -2.88. The number of hydrogen-bond donors (Lipinski definition) is 0. The minimum Gasteiger partial charge on any atom is -0.432 e. The Balaban J connectivity index is 2.66. The number of fused-ring (bicyclic) bond motifs is 1. The lowest BCUT2D eigenvalue weighted by atomic mass is 10.3. The van der Waals surface area contributed by atoms with E-state index in [9.17, 15) is 8.78 Å². The summed E-state index contributed by atoms with van der Waals surface area (Å²) in [5.74, 6) is 0.840. The molecule has 0 saturated heterocycles. The molecule has 3 nitrogen and oxygen atoms in total. The molecule has 0 aliphatic heterocycles. The summed E-state index contributed by atoms with van der Waals surface area (Å²) in [7, 11) is 1.77. The Morgan fingerprint density at radius 2 is 2.24 bits per heavy atom. The van der Waals surface area contributed by atoms with E-state index < -0.39 is 6.61 Å². The van der Waals surface area contributed by atoms with Gasteiger partial charge in [-0.1, -0.05) is 15.9 Å². The zero-order chi connectivity index (χ0) is 12.6. The second-order valence-corrected chi connectivity index (χ2v) is 4.55. The third-order valence-electron chi connectivity index (χ3n) is 2.34. The van der Waals surface area contributed by atoms with E-state index in [0.29, 0.717) is 21.3 Å². The first-order valence-electron chi connectivity index (χ1n) is 4.68. The van der Waals surface area contributed by atoms with Gasteiger partial charge in [0.25, 0.3) is 0 Å². The van der Waals surface area contributed by atoms with Crippen LogP contribution < -0.4 is 4.74 Å². The molecule has 0 N–H and O–H groups in total. The Labute approximate surface area is 109 Å². The van der Waals surface area contributed by atoms with E-state index in [0.717, 1.165) is 0 Å². The molecular weight excluding hydrogens is 317 g/mol. The number of rotatable bonds is 3. The molecule has 2 rings (SSSR count). The van der Waals surface area contributed by atoms with Gasteiger partial charge in [0, 0.05) is 11.5 Å². The summed E-state index contributed by atoms with van der Waals surface area (Å²) in [6.07, 6.45) is 0. The smallest absolute Gasteiger partial charge is 0.387 e. The first-order chi connectivity index (χ1) is 8.02. The van der Waals surface area contributed by atoms with Gasteiger partial charge in [0.05, 0.1) is 11.4 Å². The number of aromatic nitrogens is 2. The van der Waals surface area contributed by atoms with Crippen LogP contribution in [0.25, 0.3) is 11.0 Å². The van der Waals surface area contributed by atoms with Crippen LogP contribution in [0, 0.1) is 0 Å². The normalized spacial score (nSPS) is 11.4. The molecule has 1 aromatic carbocycles. The summed E-state index contributed by atoms with van der Waals surface area (Å²) in [5, 5.41) is 0. The number of nitrogens with zero attached hydrogens (tertiary/aromatic N) is 2. The van der Waals surface area contributed by atoms with Crippen LogP contribution in [0.5, 0.6) is 5.75 Å². The number of hydrogen-bond acceptors (Lipinski definition) is 2. The van der Waals surface area contributed by atoms with Crippen molar-refractivity contribution >= 4 is 38.6 Å². The molecule has 0 aliphatic rings. The van der Waals surface area contributed by atoms with Gasteiger partial charge in [0.15, 0.2) is 5.75 Å². The molecule has 0 aliphatic carbocycles. The maximum absolute atomic E-state index is 12.3. The molecule has 0 bridgehead atoms. The van der Waals surface area contributed by atoms with Gasteiger partial charge in [-0.15, -0.1) is 11.6 Å². The van der Waals surface area contributed by atoms with Gasteiger partial charge in [-0.2, -0.15) is 8.78 Å². The second-order valence-electron chi connectivity index (χ2n) is 3.37. The average molecular weight is 326 g/mol. The van der Waals surface area contributed by atoms with E-state index in [-0.39, 0.29) is 11.6 Å². The molecule has 17 heavy (non-hydrogen) atoms. The maximum atomic E-state index is 12.3. The van der Waals surface area contributed by atoms with Gasteiger partial charge in [-0.25, -0.2) is 4.98 Å². The highest BCUT2D eigenvalue weighted by molar-refractivity contribution is 9.10. The summed E-state index contributed by atoms with van der Waals surface area (Å²) >= 11 is 8.96. The van der Waals surface area contributed by atoms with Crippen molar-refractivity contribution in [2.75, 3.05) is 0 Å². The van der Waals surface area contributed by atoms with Crippen molar-refractivity contribution < 1.29 is 13.5 Å². The molecule has 0 saturated carbocycles. The predicted octanol–water partition coefficient (Wildman–Crippen LogP) is 3.68. The monoisotopic (exact) mass is 324 g/mol. The largest absolute Gasteiger partial charge is 0.432 e. The predicted molar refractivity (Wildman–Crippen MR) is 64.6 cm³/mol. The van der Waals surface area contributed by atoms with Crippen molar-refractivity contribution in [1.82, 2.24) is 9.55 Å². The molecule has 0 spiro atoms. The van der Waals surface area contributed by atoms with Gasteiger partial charge in [0.1, 0.15) is 11.3 Å². The number of benzene rings is 1. The van der Waals surface area contributed by atoms with E-state index >= 15 is 0 Å². The fraction of sp³-hybridized carbons (Fsp3) is 0.300. The number of aryl methyl sites for hydroxylation is 1. The number of alkyl halides is 3. The third-order valence-corrected chi connectivity index (χ3v) is 3.04. The van der Waals surface area contributed by atoms with Crippen molar-refractivity contribution in [3.05, 3.63) is 22.4 Å². The van der Waals surface area contributed by atoms with Crippen LogP contribution in [0.15, 0.2) is 16.6 Å². The third kappa shape index (κ3) is 2.37. The Hall–Kier alpha value is -0.880. The van der Waals surface area contributed by atoms with Crippen molar-refractivity contribution in [2.45, 2.75) is 12.5 Å². The standard InChI is InChI=1S/C10H8BrClF2N2O/c1-16-6-2-5(11)3-7(17-10(13)14)9(6)15-8(16)4-12/h2-3,10H,4H2,1H3. The van der Waals surface area contributed by atoms with E-state index in [1.54, 1.807) is 17.7 Å². The highest BCUT2D eigenvalue weighted by atomic mass is 79.9. The molecule has 1 heterocycles. The van der Waals surface area contributed by atoms with Gasteiger partial charge in [0.2, 0.25) is 0 Å². The summed E-state index contributed by atoms with van der Waals surface area (Å²) < 4.78 is 31.4. The zero-order valence-corrected chi connectivity index (χ0v) is 11.1. The highest BCUT2D eigenvalue weighted by Crippen LogP contribution is 2.31. The van der Waals surface area contributed by atoms with Crippen molar-refractivity contribution in [3.63, 3.8) is 0 Å². The fourth-order valence-corrected chi connectivity index (χ4v) is 2.24. The molecule has 7 heteroatoms. The first-order valence-corrected chi connectivity index (χ1v) is 6.01. The van der Waals surface area contributed by atoms with E-state index in [2.05, 4.69) is 25.7 Å². The Morgan fingerprint density at radius 1 is 1.53 bits per heavy atom. The van der Waals surface area contributed by atoms with Crippen LogP contribution in [-0.4, -0.2) is 16.2 Å². The van der Waals surface area contributed by atoms with Crippen LogP contribution >= 0.6 is 27.5 Å². The van der Waals surface area contributed by atoms with Crippen LogP contribution in [0.1, 0.15) is 5.82 Å². The van der Waals surface area contributed by atoms with E-state index in [4.69, 9.17) is 11.6 Å². The second kappa shape index (κ2) is 4.78. The first kappa shape index (κ1) is 12.6. The maximum Gasteiger partial charge on any atom is 0.387 e. The summed E-state index contributed by atoms with van der Waals surface area (Å²) in [6, 6.07) is 3.23. The molecule has 0 radical (unpaired) electrons. The Morgan fingerprint density at radius 3 is 2.82 bits per heavy atom. The summed E-state index contributed by atoms with van der Waals surface area (Å²) in [4.78, 5) is 4.18. The van der Waals surface area contributed by atoms with Crippen molar-refractivity contribution in [2.24, 2.45) is 7.05 Å². The van der Waals surface area contributed by atoms with Crippen molar-refractivity contribution in [1.29, 1.82) is 0 Å². The van der Waals surface area contributed by atoms with Crippen LogP contribution in [-0.2, 0) is 12.9 Å². The van der Waals surface area contributed by atoms with Gasteiger partial charge in [-0.05, 0) is 12.1 Å². The molecule has 1 aromatic heterocycles. The molecule has 2 aromatic rings. The van der Waals surface area contributed by atoms with Crippen LogP contribution in [0.2, 0.25) is 0 Å². The average Bonchev–Trinajstić information content (AvgIpc) is 2.55. The SMILES string of the molecule is Cn1c(CCl)nc2c(OC(F)F)cc(Br)cc21. The molecule has 92 valence electrons. The minimum atomic E-state index is -2.88. The molecule has 0 amide bonds. The molecule has 0 atom stereocenters. The lowest BCUT2D eigenvalue weighted by molar-refractivity contribution is -0.0489. The lowest BCUT2D eigenvalue weighted by Gasteiger charge is -2.06. The molecule has 0 unspecified atom stereocenters. The fourth-order valence-electron chi connectivity index (χ4n) is 1.58. The van der Waals surface area contributed by atoms with Crippen LogP contribution in [0.4, 0.5) is 8.78 Å². The number of imidazole rings is 1. The topological polar surface area (TPSA) is 27.1 Å². The van der Waals surface area contributed by atoms with Gasteiger partial charge < -0.3 is 9.30 Å². The Bertz CT molecular complexity index is 559. The van der Waals surface area contributed by atoms with Gasteiger partial charge >= 0.3 is 6.61 Å². The number of ether oxygens (including phenoxy) is 1. The lowest BCUT2D eigenvalue weighted by Crippen LogP contribution is -2.02. The quantitative estimate of drug-likeness (QED) is 0.805. The molecular formula is C10H8BrClF2N2O. The Kier molecular flexibility index (Phi) is 3.53. The zero-order valence-electron chi connectivity index (χ0n) is 8.75. The highest BCUT2D eigenvalue weighted by Gasteiger charge is 2.15. The van der Waals surface area contributed by atoms with Crippen molar-refractivity contribution in [3.8, 4) is 5.75 Å². The van der Waals surface area contributed by atoms with Gasteiger partial charge in [-0.3, -0.25) is 0 Å². The van der Waals surface area contributed by atoms with E-state index in [1.165, 1.54) is 6.07 Å². The van der Waals surface area contributed by atoms with Crippen LogP contribution in [0.3, 0.4) is 0 Å². The minimum absolute atomic E-state index is 0.0383.